The van der Waals surface area contributed by atoms with Crippen molar-refractivity contribution < 1.29 is 4.79 Å². The molecule has 0 spiro atoms. The van der Waals surface area contributed by atoms with Crippen LogP contribution in [0.3, 0.4) is 0 Å². The van der Waals surface area contributed by atoms with Gasteiger partial charge in [0.1, 0.15) is 0 Å². The first-order valence-corrected chi connectivity index (χ1v) is 11.0. The zero-order valence-electron chi connectivity index (χ0n) is 16.3. The molecular formula is C22H25N5OS. The van der Waals surface area contributed by atoms with Crippen molar-refractivity contribution in [1.82, 2.24) is 25.2 Å². The highest BCUT2D eigenvalue weighted by molar-refractivity contribution is 7.13. The standard InChI is InChI=1S/C22H25N5OS/c28-20-10-5-2-6-13-27(20)15-19(17-8-3-1-4-9-17)25-14-18-16-29-22(26-18)21-23-11-7-12-24-21/h1,3-4,7-9,11-12,16,19,25H,2,5-6,10,13-15H2/t19-/m0/s1. The van der Waals surface area contributed by atoms with Gasteiger partial charge in [0.2, 0.25) is 5.91 Å². The molecule has 4 rings (SSSR count). The van der Waals surface area contributed by atoms with Crippen LogP contribution in [0.4, 0.5) is 0 Å². The van der Waals surface area contributed by atoms with Gasteiger partial charge in [0, 0.05) is 43.8 Å². The summed E-state index contributed by atoms with van der Waals surface area (Å²) in [6, 6.07) is 12.2. The Morgan fingerprint density at radius 1 is 1.07 bits per heavy atom. The summed E-state index contributed by atoms with van der Waals surface area (Å²) in [6.07, 6.45) is 7.33. The molecule has 1 atom stereocenters. The van der Waals surface area contributed by atoms with Crippen LogP contribution in [0.15, 0.2) is 54.2 Å². The van der Waals surface area contributed by atoms with Gasteiger partial charge in [-0.05, 0) is 24.5 Å². The number of nitrogens with zero attached hydrogens (tertiary/aromatic N) is 4. The Hall–Kier alpha value is -2.64. The molecule has 0 unspecified atom stereocenters. The van der Waals surface area contributed by atoms with Crippen LogP contribution in [-0.2, 0) is 11.3 Å². The van der Waals surface area contributed by atoms with Crippen LogP contribution in [0.5, 0.6) is 0 Å². The number of aromatic nitrogens is 3. The molecule has 1 amide bonds. The minimum Gasteiger partial charge on any atom is -0.341 e. The summed E-state index contributed by atoms with van der Waals surface area (Å²) in [5.41, 5.74) is 2.15. The molecule has 1 saturated heterocycles. The zero-order valence-corrected chi connectivity index (χ0v) is 17.1. The molecular weight excluding hydrogens is 382 g/mol. The fourth-order valence-corrected chi connectivity index (χ4v) is 4.32. The molecule has 3 heterocycles. The second kappa shape index (κ2) is 9.71. The van der Waals surface area contributed by atoms with Crippen LogP contribution in [0.1, 0.15) is 43.0 Å². The van der Waals surface area contributed by atoms with E-state index in [0.29, 0.717) is 25.3 Å². The van der Waals surface area contributed by atoms with Crippen molar-refractivity contribution >= 4 is 17.2 Å². The molecule has 7 heteroatoms. The number of carbonyl (C=O) groups is 1. The summed E-state index contributed by atoms with van der Waals surface area (Å²) in [7, 11) is 0. The topological polar surface area (TPSA) is 71.0 Å². The molecule has 0 bridgehead atoms. The maximum absolute atomic E-state index is 12.5. The Bertz CT molecular complexity index is 915. The van der Waals surface area contributed by atoms with Gasteiger partial charge in [0.25, 0.3) is 0 Å². The second-order valence-corrected chi connectivity index (χ2v) is 8.07. The van der Waals surface area contributed by atoms with Gasteiger partial charge < -0.3 is 10.2 Å². The molecule has 1 aliphatic heterocycles. The van der Waals surface area contributed by atoms with Crippen molar-refractivity contribution in [1.29, 1.82) is 0 Å². The minimum absolute atomic E-state index is 0.0661. The lowest BCUT2D eigenvalue weighted by atomic mass is 10.1. The molecule has 6 nitrogen and oxygen atoms in total. The van der Waals surface area contributed by atoms with Crippen LogP contribution in [-0.4, -0.2) is 38.8 Å². The number of nitrogens with one attached hydrogen (secondary N) is 1. The number of hydrogen-bond acceptors (Lipinski definition) is 6. The molecule has 0 aliphatic carbocycles. The fourth-order valence-electron chi connectivity index (χ4n) is 3.55. The number of thiazole rings is 1. The highest BCUT2D eigenvalue weighted by Crippen LogP contribution is 2.22. The van der Waals surface area contributed by atoms with E-state index in [0.717, 1.165) is 36.5 Å². The second-order valence-electron chi connectivity index (χ2n) is 7.21. The smallest absolute Gasteiger partial charge is 0.222 e. The fraction of sp³-hybridized carbons (Fsp3) is 0.364. The Balaban J connectivity index is 1.46. The van der Waals surface area contributed by atoms with Gasteiger partial charge >= 0.3 is 0 Å². The first kappa shape index (κ1) is 19.7. The van der Waals surface area contributed by atoms with E-state index in [2.05, 4.69) is 32.4 Å². The lowest BCUT2D eigenvalue weighted by Crippen LogP contribution is -2.38. The average molecular weight is 408 g/mol. The van der Waals surface area contributed by atoms with E-state index in [4.69, 9.17) is 0 Å². The minimum atomic E-state index is 0.0661. The Labute approximate surface area is 175 Å². The molecule has 0 radical (unpaired) electrons. The van der Waals surface area contributed by atoms with Gasteiger partial charge in [-0.2, -0.15) is 0 Å². The van der Waals surface area contributed by atoms with Crippen molar-refractivity contribution in [3.63, 3.8) is 0 Å². The summed E-state index contributed by atoms with van der Waals surface area (Å²) >= 11 is 1.55. The highest BCUT2D eigenvalue weighted by atomic mass is 32.1. The van der Waals surface area contributed by atoms with Gasteiger partial charge in [-0.1, -0.05) is 36.8 Å². The van der Waals surface area contributed by atoms with Gasteiger partial charge in [-0.3, -0.25) is 4.79 Å². The van der Waals surface area contributed by atoms with E-state index < -0.39 is 0 Å². The summed E-state index contributed by atoms with van der Waals surface area (Å²) in [5, 5.41) is 6.48. The van der Waals surface area contributed by atoms with Gasteiger partial charge in [0.05, 0.1) is 11.7 Å². The molecule has 1 fully saturated rings. The highest BCUT2D eigenvalue weighted by Gasteiger charge is 2.22. The molecule has 1 N–H and O–H groups in total. The van der Waals surface area contributed by atoms with Crippen molar-refractivity contribution in [2.45, 2.75) is 38.3 Å². The number of rotatable bonds is 7. The van der Waals surface area contributed by atoms with E-state index in [-0.39, 0.29) is 11.9 Å². The molecule has 0 saturated carbocycles. The van der Waals surface area contributed by atoms with Crippen molar-refractivity contribution in [3.05, 3.63) is 65.4 Å². The summed E-state index contributed by atoms with van der Waals surface area (Å²) in [6.45, 7) is 2.16. The van der Waals surface area contributed by atoms with E-state index >= 15 is 0 Å². The molecule has 150 valence electrons. The quantitative estimate of drug-likeness (QED) is 0.644. The predicted octanol–water partition coefficient (Wildman–Crippen LogP) is 3.83. The molecule has 29 heavy (non-hydrogen) atoms. The van der Waals surface area contributed by atoms with Crippen molar-refractivity contribution in [2.24, 2.45) is 0 Å². The van der Waals surface area contributed by atoms with Crippen LogP contribution in [0, 0.1) is 0 Å². The lowest BCUT2D eigenvalue weighted by Gasteiger charge is -2.27. The maximum Gasteiger partial charge on any atom is 0.222 e. The van der Waals surface area contributed by atoms with E-state index in [9.17, 15) is 4.79 Å². The van der Waals surface area contributed by atoms with Crippen LogP contribution in [0.25, 0.3) is 10.8 Å². The zero-order chi connectivity index (χ0) is 19.9. The van der Waals surface area contributed by atoms with Crippen molar-refractivity contribution in [3.8, 4) is 10.8 Å². The van der Waals surface area contributed by atoms with E-state index in [1.54, 1.807) is 29.8 Å². The molecule has 1 aromatic carbocycles. The van der Waals surface area contributed by atoms with E-state index in [1.165, 1.54) is 5.56 Å². The summed E-state index contributed by atoms with van der Waals surface area (Å²) < 4.78 is 0. The summed E-state index contributed by atoms with van der Waals surface area (Å²) in [5.74, 6) is 0.918. The molecule has 1 aliphatic rings. The van der Waals surface area contributed by atoms with Gasteiger partial charge in [0.15, 0.2) is 10.8 Å². The first-order valence-electron chi connectivity index (χ1n) is 10.1. The third-order valence-electron chi connectivity index (χ3n) is 5.11. The van der Waals surface area contributed by atoms with E-state index in [1.807, 2.05) is 28.5 Å². The number of likely N-dealkylation sites (tertiary alicyclic amines) is 1. The molecule has 3 aromatic rings. The maximum atomic E-state index is 12.5. The Morgan fingerprint density at radius 2 is 1.90 bits per heavy atom. The largest absolute Gasteiger partial charge is 0.341 e. The SMILES string of the molecule is O=C1CCCCCN1C[C@H](NCc1csc(-c2ncccn2)n1)c1ccccc1. The molecule has 2 aromatic heterocycles. The summed E-state index contributed by atoms with van der Waals surface area (Å²) in [4.78, 5) is 27.7. The third-order valence-corrected chi connectivity index (χ3v) is 6.00. The van der Waals surface area contributed by atoms with Crippen LogP contribution < -0.4 is 5.32 Å². The predicted molar refractivity (Wildman–Crippen MR) is 114 cm³/mol. The van der Waals surface area contributed by atoms with Crippen molar-refractivity contribution in [2.75, 3.05) is 13.1 Å². The number of amides is 1. The third kappa shape index (κ3) is 5.25. The normalized spacial score (nSPS) is 15.9. The van der Waals surface area contributed by atoms with Crippen LogP contribution >= 0.6 is 11.3 Å². The lowest BCUT2D eigenvalue weighted by molar-refractivity contribution is -0.131. The Kier molecular flexibility index (Phi) is 6.59. The first-order chi connectivity index (χ1) is 14.3. The monoisotopic (exact) mass is 407 g/mol. The number of hydrogen-bond donors (Lipinski definition) is 1. The van der Waals surface area contributed by atoms with Crippen LogP contribution in [0.2, 0.25) is 0 Å². The number of benzene rings is 1. The Morgan fingerprint density at radius 3 is 2.72 bits per heavy atom. The van der Waals surface area contributed by atoms with Gasteiger partial charge in [-0.25, -0.2) is 15.0 Å². The average Bonchev–Trinajstić information content (AvgIpc) is 3.16. The van der Waals surface area contributed by atoms with Gasteiger partial charge in [-0.15, -0.1) is 11.3 Å². The number of carbonyl (C=O) groups excluding carboxylic acids is 1.